The molecule has 0 saturated heterocycles. The van der Waals surface area contributed by atoms with Gasteiger partial charge < -0.3 is 10.1 Å². The molecule has 32 heavy (non-hydrogen) atoms. The summed E-state index contributed by atoms with van der Waals surface area (Å²) in [6.07, 6.45) is -1.68. The predicted molar refractivity (Wildman–Crippen MR) is 110 cm³/mol. The van der Waals surface area contributed by atoms with Crippen LogP contribution in [0.25, 0.3) is 5.57 Å². The molecule has 0 unspecified atom stereocenters. The van der Waals surface area contributed by atoms with Crippen molar-refractivity contribution in [3.63, 3.8) is 0 Å². The predicted octanol–water partition coefficient (Wildman–Crippen LogP) is 4.37. The standard InChI is InChI=1S/C23H16F3N3O3/c24-23(25,26)32-18-8-6-17(7-9-18)28-20-19(16-4-2-1-3-5-16)21(30)29(22(20)31)14-15-10-12-27-13-11-15/h1-13,28H,14H2. The molecule has 4 rings (SSSR count). The molecule has 2 amide bonds. The van der Waals surface area contributed by atoms with Crippen LogP contribution < -0.4 is 10.1 Å². The zero-order chi connectivity index (χ0) is 22.7. The number of benzene rings is 2. The van der Waals surface area contributed by atoms with Gasteiger partial charge in [0.25, 0.3) is 11.8 Å². The smallest absolute Gasteiger partial charge is 0.406 e. The summed E-state index contributed by atoms with van der Waals surface area (Å²) in [6.45, 7) is 0.0556. The highest BCUT2D eigenvalue weighted by Gasteiger charge is 2.39. The Labute approximate surface area is 181 Å². The maximum atomic E-state index is 13.2. The van der Waals surface area contributed by atoms with Crippen molar-refractivity contribution >= 4 is 23.1 Å². The van der Waals surface area contributed by atoms with E-state index < -0.39 is 23.9 Å². The van der Waals surface area contributed by atoms with Crippen LogP contribution in [0.15, 0.2) is 84.8 Å². The van der Waals surface area contributed by atoms with Gasteiger partial charge in [0.05, 0.1) is 12.1 Å². The van der Waals surface area contributed by atoms with E-state index in [-0.39, 0.29) is 17.8 Å². The van der Waals surface area contributed by atoms with Crippen LogP contribution in [0, 0.1) is 0 Å². The van der Waals surface area contributed by atoms with Gasteiger partial charge in [0.15, 0.2) is 0 Å². The number of carbonyl (C=O) groups is 2. The number of ether oxygens (including phenoxy) is 1. The lowest BCUT2D eigenvalue weighted by Gasteiger charge is -2.15. The number of aromatic nitrogens is 1. The van der Waals surface area contributed by atoms with E-state index in [2.05, 4.69) is 15.0 Å². The molecular weight excluding hydrogens is 423 g/mol. The first-order valence-electron chi connectivity index (χ1n) is 9.49. The van der Waals surface area contributed by atoms with Crippen LogP contribution in [0.4, 0.5) is 18.9 Å². The lowest BCUT2D eigenvalue weighted by atomic mass is 10.0. The molecule has 0 fully saturated rings. The maximum absolute atomic E-state index is 13.2. The average Bonchev–Trinajstić information content (AvgIpc) is 3.00. The Kier molecular flexibility index (Phi) is 5.63. The average molecular weight is 439 g/mol. The molecule has 6 nitrogen and oxygen atoms in total. The SMILES string of the molecule is O=C1C(Nc2ccc(OC(F)(F)F)cc2)=C(c2ccccc2)C(=O)N1Cc1ccncc1. The van der Waals surface area contributed by atoms with Gasteiger partial charge >= 0.3 is 6.36 Å². The Hall–Kier alpha value is -4.14. The number of nitrogens with zero attached hydrogens (tertiary/aromatic N) is 2. The molecule has 2 heterocycles. The Morgan fingerprint density at radius 2 is 1.53 bits per heavy atom. The number of carbonyl (C=O) groups excluding carboxylic acids is 2. The highest BCUT2D eigenvalue weighted by Crippen LogP contribution is 2.32. The third kappa shape index (κ3) is 4.61. The van der Waals surface area contributed by atoms with Crippen molar-refractivity contribution in [3.05, 3.63) is 95.9 Å². The first-order chi connectivity index (χ1) is 15.3. The van der Waals surface area contributed by atoms with Gasteiger partial charge in [0.1, 0.15) is 11.4 Å². The zero-order valence-corrected chi connectivity index (χ0v) is 16.5. The van der Waals surface area contributed by atoms with E-state index in [1.165, 1.54) is 12.1 Å². The lowest BCUT2D eigenvalue weighted by Crippen LogP contribution is -2.32. The lowest BCUT2D eigenvalue weighted by molar-refractivity contribution is -0.274. The number of nitrogens with one attached hydrogen (secondary N) is 1. The van der Waals surface area contributed by atoms with E-state index in [1.807, 2.05) is 0 Å². The molecule has 162 valence electrons. The largest absolute Gasteiger partial charge is 0.573 e. The topological polar surface area (TPSA) is 71.5 Å². The van der Waals surface area contributed by atoms with Crippen LogP contribution in [-0.2, 0) is 16.1 Å². The fourth-order valence-corrected chi connectivity index (χ4v) is 3.26. The van der Waals surface area contributed by atoms with Crippen molar-refractivity contribution in [1.82, 2.24) is 9.88 Å². The first-order valence-corrected chi connectivity index (χ1v) is 9.49. The number of amides is 2. The van der Waals surface area contributed by atoms with Crippen molar-refractivity contribution in [2.75, 3.05) is 5.32 Å². The molecule has 9 heteroatoms. The molecule has 0 atom stereocenters. The number of anilines is 1. The third-order valence-electron chi connectivity index (χ3n) is 4.68. The minimum absolute atomic E-state index is 0.0414. The van der Waals surface area contributed by atoms with E-state index in [0.29, 0.717) is 11.3 Å². The van der Waals surface area contributed by atoms with Crippen LogP contribution >= 0.6 is 0 Å². The first kappa shape index (κ1) is 21.1. The number of alkyl halides is 3. The molecule has 1 N–H and O–H groups in total. The summed E-state index contributed by atoms with van der Waals surface area (Å²) in [4.78, 5) is 31.4. The Morgan fingerprint density at radius 1 is 0.875 bits per heavy atom. The summed E-state index contributed by atoms with van der Waals surface area (Å²) in [5, 5.41) is 2.89. The number of hydrogen-bond donors (Lipinski definition) is 1. The fraction of sp³-hybridized carbons (Fsp3) is 0.0870. The van der Waals surface area contributed by atoms with Gasteiger partial charge in [0, 0.05) is 18.1 Å². The minimum Gasteiger partial charge on any atom is -0.406 e. The molecule has 1 aliphatic rings. The molecule has 1 aromatic heterocycles. The van der Waals surface area contributed by atoms with Gasteiger partial charge in [0.2, 0.25) is 0 Å². The molecule has 1 aliphatic heterocycles. The monoisotopic (exact) mass is 439 g/mol. The van der Waals surface area contributed by atoms with Gasteiger partial charge in [-0.05, 0) is 47.5 Å². The molecule has 0 radical (unpaired) electrons. The van der Waals surface area contributed by atoms with E-state index in [9.17, 15) is 22.8 Å². The summed E-state index contributed by atoms with van der Waals surface area (Å²) in [7, 11) is 0. The third-order valence-corrected chi connectivity index (χ3v) is 4.68. The van der Waals surface area contributed by atoms with Crippen molar-refractivity contribution in [3.8, 4) is 5.75 Å². The molecule has 3 aromatic rings. The highest BCUT2D eigenvalue weighted by molar-refractivity contribution is 6.36. The summed E-state index contributed by atoms with van der Waals surface area (Å²) < 4.78 is 41.0. The summed E-state index contributed by atoms with van der Waals surface area (Å²) in [5.74, 6) is -1.41. The zero-order valence-electron chi connectivity index (χ0n) is 16.5. The number of halogens is 3. The van der Waals surface area contributed by atoms with Crippen LogP contribution in [-0.4, -0.2) is 28.1 Å². The number of rotatable bonds is 6. The Balaban J connectivity index is 1.65. The summed E-state index contributed by atoms with van der Waals surface area (Å²) in [5.41, 5.74) is 1.82. The van der Waals surface area contributed by atoms with Gasteiger partial charge in [-0.1, -0.05) is 30.3 Å². The molecule has 0 saturated carbocycles. The van der Waals surface area contributed by atoms with E-state index in [1.54, 1.807) is 54.9 Å². The fourth-order valence-electron chi connectivity index (χ4n) is 3.26. The van der Waals surface area contributed by atoms with E-state index in [4.69, 9.17) is 0 Å². The molecule has 0 spiro atoms. The van der Waals surface area contributed by atoms with Crippen molar-refractivity contribution in [2.24, 2.45) is 0 Å². The minimum atomic E-state index is -4.81. The van der Waals surface area contributed by atoms with Crippen molar-refractivity contribution in [1.29, 1.82) is 0 Å². The number of hydrogen-bond acceptors (Lipinski definition) is 5. The van der Waals surface area contributed by atoms with E-state index in [0.717, 1.165) is 22.6 Å². The van der Waals surface area contributed by atoms with Crippen LogP contribution in [0.1, 0.15) is 11.1 Å². The second kappa shape index (κ2) is 8.54. The van der Waals surface area contributed by atoms with Crippen molar-refractivity contribution < 1.29 is 27.5 Å². The second-order valence-corrected chi connectivity index (χ2v) is 6.87. The molecule has 0 bridgehead atoms. The number of pyridine rings is 1. The van der Waals surface area contributed by atoms with Crippen molar-refractivity contribution in [2.45, 2.75) is 12.9 Å². The van der Waals surface area contributed by atoms with E-state index >= 15 is 0 Å². The molecule has 2 aromatic carbocycles. The van der Waals surface area contributed by atoms with Gasteiger partial charge in [-0.2, -0.15) is 0 Å². The molecule has 0 aliphatic carbocycles. The molecular formula is C23H16F3N3O3. The maximum Gasteiger partial charge on any atom is 0.573 e. The van der Waals surface area contributed by atoms with Gasteiger partial charge in [-0.15, -0.1) is 13.2 Å². The Bertz CT molecular complexity index is 1160. The summed E-state index contributed by atoms with van der Waals surface area (Å²) >= 11 is 0. The number of imide groups is 1. The van der Waals surface area contributed by atoms with Crippen LogP contribution in [0.2, 0.25) is 0 Å². The normalized spacial score (nSPS) is 14.2. The van der Waals surface area contributed by atoms with Crippen LogP contribution in [0.5, 0.6) is 5.75 Å². The Morgan fingerprint density at radius 3 is 2.16 bits per heavy atom. The second-order valence-electron chi connectivity index (χ2n) is 6.87. The summed E-state index contributed by atoms with van der Waals surface area (Å²) in [6, 6.07) is 17.0. The van der Waals surface area contributed by atoms with Gasteiger partial charge in [-0.3, -0.25) is 19.5 Å². The quantitative estimate of drug-likeness (QED) is 0.578. The highest BCUT2D eigenvalue weighted by atomic mass is 19.4. The van der Waals surface area contributed by atoms with Gasteiger partial charge in [-0.25, -0.2) is 0 Å². The van der Waals surface area contributed by atoms with Crippen LogP contribution in [0.3, 0.4) is 0 Å².